The molecule has 8 nitrogen and oxygen atoms in total. The average Bonchev–Trinajstić information content (AvgIpc) is 2.96. The molecule has 0 bridgehead atoms. The van der Waals surface area contributed by atoms with Gasteiger partial charge < -0.3 is 15.2 Å². The summed E-state index contributed by atoms with van der Waals surface area (Å²) >= 11 is 2.34. The maximum atomic E-state index is 13.3. The van der Waals surface area contributed by atoms with Crippen LogP contribution < -0.4 is 10.1 Å². The van der Waals surface area contributed by atoms with Gasteiger partial charge in [-0.1, -0.05) is 6.07 Å². The van der Waals surface area contributed by atoms with Crippen molar-refractivity contribution >= 4 is 46.7 Å². The molecule has 1 aromatic rings. The zero-order valence-corrected chi connectivity index (χ0v) is 15.6. The Bertz CT molecular complexity index is 740. The van der Waals surface area contributed by atoms with Crippen molar-refractivity contribution in [3.8, 4) is 0 Å². The summed E-state index contributed by atoms with van der Waals surface area (Å²) in [7, 11) is 1.52. The second kappa shape index (κ2) is 6.15. The number of fused-ring (bicyclic) bond motifs is 3. The molecule has 1 fully saturated rings. The fraction of sp³-hybridized carbons (Fsp3) is 0.467. The number of amides is 2. The number of hydrogen-bond acceptors (Lipinski definition) is 7. The van der Waals surface area contributed by atoms with Crippen LogP contribution in [-0.4, -0.2) is 62.9 Å². The Hall–Kier alpha value is -1.30. The van der Waals surface area contributed by atoms with Crippen molar-refractivity contribution in [2.45, 2.75) is 16.2 Å². The Balaban J connectivity index is 2.23. The topological polar surface area (TPSA) is 109 Å². The van der Waals surface area contributed by atoms with E-state index in [0.717, 1.165) is 17.3 Å². The van der Waals surface area contributed by atoms with Gasteiger partial charge >= 0.3 is 0 Å². The highest BCUT2D eigenvalue weighted by atomic mass is 32.2. The summed E-state index contributed by atoms with van der Waals surface area (Å²) in [5, 5.41) is 29.4. The third-order valence-corrected chi connectivity index (χ3v) is 7.40. The van der Waals surface area contributed by atoms with E-state index in [1.54, 1.807) is 18.6 Å². The summed E-state index contributed by atoms with van der Waals surface area (Å²) in [6, 6.07) is 4.55. The molecule has 10 heteroatoms. The molecule has 25 heavy (non-hydrogen) atoms. The first-order valence-electron chi connectivity index (χ1n) is 7.49. The number of thioether (sulfide) groups is 2. The Morgan fingerprint density at radius 3 is 2.48 bits per heavy atom. The fourth-order valence-corrected chi connectivity index (χ4v) is 5.22. The van der Waals surface area contributed by atoms with Crippen LogP contribution in [0.15, 0.2) is 18.2 Å². The van der Waals surface area contributed by atoms with Gasteiger partial charge in [0.05, 0.1) is 12.3 Å². The number of hydrogen-bond donors (Lipinski definition) is 3. The van der Waals surface area contributed by atoms with E-state index in [4.69, 9.17) is 0 Å². The number of likely N-dealkylation sites (N-methyl/N-ethyl adjacent to an activating group) is 1. The number of benzene rings is 1. The van der Waals surface area contributed by atoms with Crippen LogP contribution >= 0.6 is 23.5 Å². The average molecular weight is 385 g/mol. The molecule has 0 aromatic heterocycles. The van der Waals surface area contributed by atoms with E-state index in [-0.39, 0.29) is 11.6 Å². The third-order valence-electron chi connectivity index (χ3n) is 4.97. The van der Waals surface area contributed by atoms with Crippen LogP contribution in [-0.2, 0) is 16.0 Å². The number of nitrogens with zero attached hydrogens (tertiary/aromatic N) is 2. The first kappa shape index (κ1) is 18.5. The molecule has 1 saturated heterocycles. The number of aliphatic hydroxyl groups is 1. The Morgan fingerprint density at radius 1 is 1.28 bits per heavy atom. The van der Waals surface area contributed by atoms with E-state index < -0.39 is 27.5 Å². The molecule has 3 N–H and O–H groups in total. The van der Waals surface area contributed by atoms with E-state index in [1.165, 1.54) is 40.7 Å². The highest BCUT2D eigenvalue weighted by Crippen LogP contribution is 2.52. The number of quaternary nitrogens is 1. The minimum absolute atomic E-state index is 0.0496. The second-order valence-electron chi connectivity index (χ2n) is 5.97. The minimum atomic E-state index is -1.42. The van der Waals surface area contributed by atoms with E-state index >= 15 is 0 Å². The van der Waals surface area contributed by atoms with Crippen LogP contribution in [0.25, 0.3) is 0 Å². The molecule has 3 rings (SSSR count). The quantitative estimate of drug-likeness (QED) is 0.603. The van der Waals surface area contributed by atoms with Crippen LogP contribution in [0.5, 0.6) is 0 Å². The molecular formula is C15H19N3O5S2. The van der Waals surface area contributed by atoms with Crippen LogP contribution in [0, 0.1) is 5.21 Å². The van der Waals surface area contributed by atoms with Gasteiger partial charge in [-0.2, -0.15) is 5.23 Å². The molecule has 0 radical (unpaired) electrons. The number of nitrogens with one attached hydrogen (secondary N) is 1. The lowest BCUT2D eigenvalue weighted by atomic mass is 10.0. The summed E-state index contributed by atoms with van der Waals surface area (Å²) < 4.78 is 0. The van der Waals surface area contributed by atoms with E-state index in [2.05, 4.69) is 0 Å². The lowest BCUT2D eigenvalue weighted by Crippen LogP contribution is -2.99. The standard InChI is InChI=1S/C15H19N3O5S2/c1-16-12(20)14(24-2)7-9-4-5-10(18(22)23)6-11(9)17(14)13(21)15(16,8-19)25-3/h4-6,18-19,22H,7-8H2,1-3H3. The smallest absolute Gasteiger partial charge is 0.267 e. The zero-order chi connectivity index (χ0) is 18.6. The van der Waals surface area contributed by atoms with Crippen LogP contribution in [0.4, 0.5) is 11.4 Å². The molecule has 0 spiro atoms. The number of aliphatic hydroxyl groups excluding tert-OH is 1. The Morgan fingerprint density at radius 2 is 1.96 bits per heavy atom. The predicted molar refractivity (Wildman–Crippen MR) is 95.8 cm³/mol. The maximum Gasteiger partial charge on any atom is 0.267 e. The third kappa shape index (κ3) is 2.25. The van der Waals surface area contributed by atoms with Gasteiger partial charge in [0, 0.05) is 25.6 Å². The van der Waals surface area contributed by atoms with Crippen molar-refractivity contribution < 1.29 is 25.1 Å². The monoisotopic (exact) mass is 385 g/mol. The molecule has 136 valence electrons. The second-order valence-corrected chi connectivity index (χ2v) is 8.13. The van der Waals surface area contributed by atoms with Gasteiger partial charge in [-0.25, -0.2) is 5.21 Å². The highest BCUT2D eigenvalue weighted by Gasteiger charge is 2.64. The van der Waals surface area contributed by atoms with E-state index in [0.29, 0.717) is 12.1 Å². The van der Waals surface area contributed by atoms with Gasteiger partial charge in [-0.3, -0.25) is 14.5 Å². The largest absolute Gasteiger partial charge is 0.595 e. The summed E-state index contributed by atoms with van der Waals surface area (Å²) in [6.45, 7) is -0.524. The fourth-order valence-electron chi connectivity index (χ4n) is 3.49. The molecule has 0 saturated carbocycles. The molecule has 1 aromatic carbocycles. The van der Waals surface area contributed by atoms with Crippen LogP contribution in [0.1, 0.15) is 5.56 Å². The minimum Gasteiger partial charge on any atom is -0.595 e. The van der Waals surface area contributed by atoms with Gasteiger partial charge in [-0.05, 0) is 18.1 Å². The van der Waals surface area contributed by atoms with Gasteiger partial charge in [0.25, 0.3) is 11.8 Å². The highest BCUT2D eigenvalue weighted by molar-refractivity contribution is 8.01. The lowest BCUT2D eigenvalue weighted by Gasteiger charge is -2.52. The summed E-state index contributed by atoms with van der Waals surface area (Å²) in [4.78, 5) is 26.7. The Labute approximate surface area is 153 Å². The molecule has 2 aliphatic rings. The van der Waals surface area contributed by atoms with Gasteiger partial charge in [0.1, 0.15) is 0 Å². The van der Waals surface area contributed by atoms with Crippen LogP contribution in [0.2, 0.25) is 0 Å². The lowest BCUT2D eigenvalue weighted by molar-refractivity contribution is -0.991. The Kier molecular flexibility index (Phi) is 4.55. The van der Waals surface area contributed by atoms with Crippen molar-refractivity contribution in [3.05, 3.63) is 29.0 Å². The molecular weight excluding hydrogens is 366 g/mol. The molecule has 2 amide bonds. The first-order chi connectivity index (χ1) is 11.8. The predicted octanol–water partition coefficient (Wildman–Crippen LogP) is -0.438. The summed E-state index contributed by atoms with van der Waals surface area (Å²) in [6.07, 6.45) is 3.71. The zero-order valence-electron chi connectivity index (χ0n) is 14.0. The summed E-state index contributed by atoms with van der Waals surface area (Å²) in [5.41, 5.74) is 1.21. The maximum absolute atomic E-state index is 13.3. The van der Waals surface area contributed by atoms with Crippen LogP contribution in [0.3, 0.4) is 0 Å². The molecule has 0 aliphatic carbocycles. The number of carbonyl (C=O) groups is 2. The molecule has 3 atom stereocenters. The van der Waals surface area contributed by atoms with Crippen molar-refractivity contribution in [2.24, 2.45) is 0 Å². The van der Waals surface area contributed by atoms with Crippen molar-refractivity contribution in [2.75, 3.05) is 31.1 Å². The number of rotatable bonds is 4. The molecule has 3 unspecified atom stereocenters. The molecule has 2 heterocycles. The SMILES string of the molecule is CSC1(CO)C(=O)N2c3cc([NH+]([O-])O)ccc3CC2(SC)C(=O)N1C. The van der Waals surface area contributed by atoms with Gasteiger partial charge in [-0.15, -0.1) is 23.5 Å². The first-order valence-corrected chi connectivity index (χ1v) is 9.94. The van der Waals surface area contributed by atoms with Gasteiger partial charge in [0.2, 0.25) is 0 Å². The van der Waals surface area contributed by atoms with E-state index in [9.17, 15) is 25.1 Å². The van der Waals surface area contributed by atoms with E-state index in [1.807, 2.05) is 0 Å². The molecule has 2 aliphatic heterocycles. The van der Waals surface area contributed by atoms with Crippen molar-refractivity contribution in [1.82, 2.24) is 4.90 Å². The van der Waals surface area contributed by atoms with Crippen molar-refractivity contribution in [3.63, 3.8) is 0 Å². The normalized spacial score (nSPS) is 29.7. The summed E-state index contributed by atoms with van der Waals surface area (Å²) in [5.74, 6) is -0.698. The number of piperazine rings is 1. The van der Waals surface area contributed by atoms with Gasteiger partial charge in [0.15, 0.2) is 15.4 Å². The number of carbonyl (C=O) groups excluding carboxylic acids is 2. The number of anilines is 1. The van der Waals surface area contributed by atoms with Crippen molar-refractivity contribution in [1.29, 1.82) is 0 Å².